The van der Waals surface area contributed by atoms with Crippen molar-refractivity contribution in [3.63, 3.8) is 0 Å². The maximum Gasteiger partial charge on any atom is 0.352 e. The van der Waals surface area contributed by atoms with Gasteiger partial charge in [0.2, 0.25) is 10.0 Å². The molecule has 0 fully saturated rings. The van der Waals surface area contributed by atoms with Gasteiger partial charge in [-0.15, -0.1) is 0 Å². The van der Waals surface area contributed by atoms with E-state index < -0.39 is 21.6 Å². The first kappa shape index (κ1) is 17.6. The van der Waals surface area contributed by atoms with E-state index in [1.54, 1.807) is 0 Å². The van der Waals surface area contributed by atoms with Gasteiger partial charge in [-0.1, -0.05) is 0 Å². The molecule has 8 nitrogen and oxygen atoms in total. The minimum Gasteiger partial charge on any atom is -0.477 e. The lowest BCUT2D eigenvalue weighted by Gasteiger charge is -2.22. The van der Waals surface area contributed by atoms with Crippen molar-refractivity contribution in [2.75, 3.05) is 20.3 Å². The monoisotopic (exact) mass is 320 g/mol. The molecule has 0 saturated carbocycles. The Morgan fingerprint density at radius 3 is 2.62 bits per heavy atom. The predicted octanol–water partition coefficient (Wildman–Crippen LogP) is -0.211. The van der Waals surface area contributed by atoms with Crippen molar-refractivity contribution in [2.24, 2.45) is 7.05 Å². The summed E-state index contributed by atoms with van der Waals surface area (Å²) in [5.41, 5.74) is -1.39. The zero-order chi connectivity index (χ0) is 16.3. The van der Waals surface area contributed by atoms with E-state index in [-0.39, 0.29) is 23.6 Å². The second-order valence-corrected chi connectivity index (χ2v) is 6.81. The van der Waals surface area contributed by atoms with E-state index in [4.69, 9.17) is 9.84 Å². The Bertz CT molecular complexity index is 605. The molecular formula is C12H20N2O6S. The molecule has 1 unspecified atom stereocenters. The van der Waals surface area contributed by atoms with E-state index in [1.165, 1.54) is 31.8 Å². The Labute approximate surface area is 123 Å². The van der Waals surface area contributed by atoms with Gasteiger partial charge in [0.1, 0.15) is 10.6 Å². The van der Waals surface area contributed by atoms with Crippen molar-refractivity contribution >= 4 is 16.0 Å². The topological polar surface area (TPSA) is 118 Å². The molecule has 0 bridgehead atoms. The molecule has 0 aliphatic rings. The first-order chi connectivity index (χ1) is 9.59. The summed E-state index contributed by atoms with van der Waals surface area (Å²) in [5, 5.41) is 18.9. The molecule has 0 saturated heterocycles. The van der Waals surface area contributed by atoms with E-state index in [1.807, 2.05) is 0 Å². The van der Waals surface area contributed by atoms with Gasteiger partial charge >= 0.3 is 5.97 Å². The minimum absolute atomic E-state index is 0.137. The number of carbonyl (C=O) groups is 1. The molecule has 1 aromatic heterocycles. The third-order valence-electron chi connectivity index (χ3n) is 3.00. The predicted molar refractivity (Wildman–Crippen MR) is 74.7 cm³/mol. The molecule has 3 N–H and O–H groups in total. The van der Waals surface area contributed by atoms with Gasteiger partial charge in [-0.05, 0) is 13.0 Å². The Kier molecular flexibility index (Phi) is 5.51. The number of carboxylic acid groups (broad SMARTS) is 1. The number of aryl methyl sites for hydroxylation is 1. The summed E-state index contributed by atoms with van der Waals surface area (Å²) in [7, 11) is -0.963. The smallest absolute Gasteiger partial charge is 0.352 e. The van der Waals surface area contributed by atoms with Crippen molar-refractivity contribution in [1.82, 2.24) is 9.29 Å². The molecule has 0 aliphatic carbocycles. The van der Waals surface area contributed by atoms with Crippen molar-refractivity contribution in [3.8, 4) is 0 Å². The average molecular weight is 320 g/mol. The molecule has 120 valence electrons. The summed E-state index contributed by atoms with van der Waals surface area (Å²) in [5.74, 6) is -1.22. The zero-order valence-corrected chi connectivity index (χ0v) is 13.0. The zero-order valence-electron chi connectivity index (χ0n) is 12.2. The molecule has 0 aliphatic heterocycles. The third kappa shape index (κ3) is 4.81. The first-order valence-electron chi connectivity index (χ1n) is 6.20. The van der Waals surface area contributed by atoms with Gasteiger partial charge in [-0.3, -0.25) is 0 Å². The Morgan fingerprint density at radius 1 is 1.52 bits per heavy atom. The molecule has 1 rings (SSSR count). The second-order valence-electron chi connectivity index (χ2n) is 5.04. The van der Waals surface area contributed by atoms with Crippen LogP contribution >= 0.6 is 0 Å². The van der Waals surface area contributed by atoms with E-state index in [0.717, 1.165) is 6.07 Å². The number of aromatic carboxylic acids is 1. The van der Waals surface area contributed by atoms with Gasteiger partial charge in [0.05, 0.1) is 5.60 Å². The van der Waals surface area contributed by atoms with Crippen molar-refractivity contribution in [2.45, 2.75) is 23.8 Å². The summed E-state index contributed by atoms with van der Waals surface area (Å²) >= 11 is 0. The van der Waals surface area contributed by atoms with E-state index in [2.05, 4.69) is 4.72 Å². The molecule has 21 heavy (non-hydrogen) atoms. The van der Waals surface area contributed by atoms with E-state index in [0.29, 0.717) is 6.61 Å². The minimum atomic E-state index is -3.89. The first-order valence-corrected chi connectivity index (χ1v) is 7.68. The number of nitrogens with zero attached hydrogens (tertiary/aromatic N) is 1. The van der Waals surface area contributed by atoms with Crippen LogP contribution in [-0.2, 0) is 21.8 Å². The number of sulfonamides is 1. The number of rotatable bonds is 8. The van der Waals surface area contributed by atoms with Crippen LogP contribution < -0.4 is 4.72 Å². The molecular weight excluding hydrogens is 300 g/mol. The van der Waals surface area contributed by atoms with E-state index >= 15 is 0 Å². The lowest BCUT2D eigenvalue weighted by atomic mass is 10.0. The van der Waals surface area contributed by atoms with Crippen LogP contribution in [0.15, 0.2) is 17.2 Å². The molecule has 0 amide bonds. The highest BCUT2D eigenvalue weighted by molar-refractivity contribution is 7.89. The molecule has 0 radical (unpaired) electrons. The van der Waals surface area contributed by atoms with Crippen LogP contribution in [0.3, 0.4) is 0 Å². The lowest BCUT2D eigenvalue weighted by Crippen LogP contribution is -2.41. The van der Waals surface area contributed by atoms with Gasteiger partial charge in [0.25, 0.3) is 0 Å². The number of aromatic nitrogens is 1. The van der Waals surface area contributed by atoms with E-state index in [9.17, 15) is 18.3 Å². The summed E-state index contributed by atoms with van der Waals surface area (Å²) in [6, 6.07) is 1.06. The van der Waals surface area contributed by atoms with Crippen LogP contribution in [0.5, 0.6) is 0 Å². The van der Waals surface area contributed by atoms with Gasteiger partial charge in [-0.2, -0.15) is 0 Å². The summed E-state index contributed by atoms with van der Waals surface area (Å²) < 4.78 is 32.5. The average Bonchev–Trinajstić information content (AvgIpc) is 2.77. The summed E-state index contributed by atoms with van der Waals surface area (Å²) in [6.07, 6.45) is 1.47. The fourth-order valence-electron chi connectivity index (χ4n) is 1.64. The second kappa shape index (κ2) is 6.56. The maximum absolute atomic E-state index is 12.1. The Morgan fingerprint density at radius 2 is 2.14 bits per heavy atom. The molecule has 1 aromatic rings. The number of carboxylic acids is 1. The maximum atomic E-state index is 12.1. The highest BCUT2D eigenvalue weighted by atomic mass is 32.2. The summed E-state index contributed by atoms with van der Waals surface area (Å²) in [6.45, 7) is 1.58. The number of hydrogen-bond donors (Lipinski definition) is 3. The fourth-order valence-corrected chi connectivity index (χ4v) is 2.87. The third-order valence-corrected chi connectivity index (χ3v) is 4.37. The molecule has 9 heteroatoms. The highest BCUT2D eigenvalue weighted by Gasteiger charge is 2.25. The van der Waals surface area contributed by atoms with Crippen LogP contribution in [0.1, 0.15) is 23.8 Å². The number of ether oxygens (including phenoxy) is 1. The van der Waals surface area contributed by atoms with Crippen LogP contribution in [-0.4, -0.2) is 55.0 Å². The van der Waals surface area contributed by atoms with Crippen LogP contribution in [0, 0.1) is 0 Å². The Balaban J connectivity index is 2.83. The normalized spacial score (nSPS) is 14.9. The fraction of sp³-hybridized carbons (Fsp3) is 0.583. The SMILES string of the molecule is COCCC(C)(O)CNS(=O)(=O)c1cc(C(=O)O)n(C)c1. The van der Waals surface area contributed by atoms with Crippen molar-refractivity contribution < 1.29 is 28.2 Å². The van der Waals surface area contributed by atoms with Gasteiger partial charge < -0.3 is 19.5 Å². The molecule has 0 spiro atoms. The van der Waals surface area contributed by atoms with Crippen molar-refractivity contribution in [3.05, 3.63) is 18.0 Å². The van der Waals surface area contributed by atoms with Gasteiger partial charge in [0.15, 0.2) is 0 Å². The molecule has 1 atom stereocenters. The van der Waals surface area contributed by atoms with Gasteiger partial charge in [0, 0.05) is 39.9 Å². The lowest BCUT2D eigenvalue weighted by molar-refractivity contribution is 0.0292. The molecule has 0 aromatic carbocycles. The number of nitrogens with one attached hydrogen (secondary N) is 1. The van der Waals surface area contributed by atoms with Crippen LogP contribution in [0.25, 0.3) is 0 Å². The van der Waals surface area contributed by atoms with Crippen LogP contribution in [0.4, 0.5) is 0 Å². The number of hydrogen-bond acceptors (Lipinski definition) is 5. The van der Waals surface area contributed by atoms with Crippen molar-refractivity contribution in [1.29, 1.82) is 0 Å². The standard InChI is InChI=1S/C12H20N2O6S/c1-12(17,4-5-20-3)8-13-21(18,19)9-6-10(11(15)16)14(2)7-9/h6-7,13,17H,4-5,8H2,1-3H3,(H,15,16). The number of aliphatic hydroxyl groups is 1. The largest absolute Gasteiger partial charge is 0.477 e. The number of methoxy groups -OCH3 is 1. The quantitative estimate of drug-likeness (QED) is 0.610. The highest BCUT2D eigenvalue weighted by Crippen LogP contribution is 2.15. The molecule has 1 heterocycles. The van der Waals surface area contributed by atoms with Crippen LogP contribution in [0.2, 0.25) is 0 Å². The Hall–Kier alpha value is -1.42. The summed E-state index contributed by atoms with van der Waals surface area (Å²) in [4.78, 5) is 10.7. The van der Waals surface area contributed by atoms with Gasteiger partial charge in [-0.25, -0.2) is 17.9 Å².